The number of benzene rings is 2. The zero-order chi connectivity index (χ0) is 20.6. The zero-order valence-corrected chi connectivity index (χ0v) is 17.3. The lowest BCUT2D eigenvalue weighted by atomic mass is 10.1. The van der Waals surface area contributed by atoms with Crippen molar-refractivity contribution >= 4 is 40.6 Å². The molecule has 0 aliphatic heterocycles. The third-order valence-corrected chi connectivity index (χ3v) is 5.84. The van der Waals surface area contributed by atoms with E-state index in [-0.39, 0.29) is 16.7 Å². The highest BCUT2D eigenvalue weighted by molar-refractivity contribution is 7.99. The molecular formula is C20H19FN4O2S2. The molecule has 0 saturated heterocycles. The number of aromatic nitrogens is 2. The van der Waals surface area contributed by atoms with Crippen molar-refractivity contribution in [3.8, 4) is 0 Å². The maximum Gasteiger partial charge on any atom is 0.286 e. The first-order chi connectivity index (χ1) is 14.0. The van der Waals surface area contributed by atoms with E-state index in [2.05, 4.69) is 20.8 Å². The normalized spacial score (nSPS) is 10.6. The van der Waals surface area contributed by atoms with Crippen LogP contribution in [0.4, 0.5) is 10.1 Å². The Labute approximate surface area is 175 Å². The Bertz CT molecular complexity index is 992. The van der Waals surface area contributed by atoms with Gasteiger partial charge in [0.1, 0.15) is 10.8 Å². The maximum absolute atomic E-state index is 12.9. The lowest BCUT2D eigenvalue weighted by Gasteiger charge is -2.05. The summed E-state index contributed by atoms with van der Waals surface area (Å²) in [6.45, 7) is 2.50. The summed E-state index contributed by atoms with van der Waals surface area (Å²) in [5.74, 6) is -0.0558. The van der Waals surface area contributed by atoms with Crippen LogP contribution in [-0.2, 0) is 17.1 Å². The van der Waals surface area contributed by atoms with Gasteiger partial charge in [0.05, 0.1) is 5.75 Å². The van der Waals surface area contributed by atoms with Crippen molar-refractivity contribution in [2.24, 2.45) is 0 Å². The monoisotopic (exact) mass is 430 g/mol. The minimum absolute atomic E-state index is 0.0599. The number of aryl methyl sites for hydroxylation is 1. The van der Waals surface area contributed by atoms with Crippen LogP contribution in [0.1, 0.15) is 25.9 Å². The third-order valence-electron chi connectivity index (χ3n) is 3.79. The second-order valence-corrected chi connectivity index (χ2v) is 8.27. The van der Waals surface area contributed by atoms with Crippen molar-refractivity contribution in [1.82, 2.24) is 15.5 Å². The number of hydrogen-bond acceptors (Lipinski definition) is 6. The van der Waals surface area contributed by atoms with Gasteiger partial charge in [-0.05, 0) is 36.8 Å². The Morgan fingerprint density at radius 1 is 1.14 bits per heavy atom. The average molecular weight is 431 g/mol. The Kier molecular flexibility index (Phi) is 7.31. The van der Waals surface area contributed by atoms with Crippen LogP contribution in [0, 0.1) is 12.7 Å². The Morgan fingerprint density at radius 3 is 2.69 bits per heavy atom. The predicted octanol–water partition coefficient (Wildman–Crippen LogP) is 3.79. The number of amides is 2. The summed E-state index contributed by atoms with van der Waals surface area (Å²) in [6.07, 6.45) is 0. The number of hydrogen-bond donors (Lipinski definition) is 2. The van der Waals surface area contributed by atoms with Crippen molar-refractivity contribution in [3.05, 3.63) is 75.5 Å². The van der Waals surface area contributed by atoms with Gasteiger partial charge in [0.15, 0.2) is 0 Å². The maximum atomic E-state index is 12.9. The van der Waals surface area contributed by atoms with Gasteiger partial charge >= 0.3 is 0 Å². The molecule has 1 aromatic heterocycles. The highest BCUT2D eigenvalue weighted by Crippen LogP contribution is 2.18. The fraction of sp³-hybridized carbons (Fsp3) is 0.200. The van der Waals surface area contributed by atoms with Gasteiger partial charge in [0.2, 0.25) is 10.9 Å². The molecule has 2 aromatic carbocycles. The van der Waals surface area contributed by atoms with E-state index in [0.717, 1.165) is 11.1 Å². The molecule has 0 bridgehead atoms. The summed E-state index contributed by atoms with van der Waals surface area (Å²) in [5, 5.41) is 14.3. The number of nitrogens with zero attached hydrogens (tertiary/aromatic N) is 2. The highest BCUT2D eigenvalue weighted by atomic mass is 32.2. The lowest BCUT2D eigenvalue weighted by Crippen LogP contribution is -2.24. The molecule has 2 amide bonds. The number of carbonyl (C=O) groups is 2. The second kappa shape index (κ2) is 10.1. The topological polar surface area (TPSA) is 84.0 Å². The lowest BCUT2D eigenvalue weighted by molar-refractivity contribution is -0.118. The first-order valence-electron chi connectivity index (χ1n) is 8.79. The molecule has 3 aromatic rings. The van der Waals surface area contributed by atoms with E-state index >= 15 is 0 Å². The molecule has 150 valence electrons. The minimum Gasteiger partial charge on any atom is -0.351 e. The van der Waals surface area contributed by atoms with E-state index in [1.165, 1.54) is 47.4 Å². The zero-order valence-electron chi connectivity index (χ0n) is 15.6. The fourth-order valence-corrected chi connectivity index (χ4v) is 4.06. The van der Waals surface area contributed by atoms with Crippen LogP contribution in [0.25, 0.3) is 0 Å². The van der Waals surface area contributed by atoms with Gasteiger partial charge in [-0.15, -0.1) is 22.0 Å². The van der Waals surface area contributed by atoms with Crippen LogP contribution in [0.3, 0.4) is 0 Å². The third kappa shape index (κ3) is 6.65. The Hall–Kier alpha value is -2.78. The summed E-state index contributed by atoms with van der Waals surface area (Å²) in [7, 11) is 0. The molecule has 3 rings (SSSR count). The average Bonchev–Trinajstić information content (AvgIpc) is 3.17. The van der Waals surface area contributed by atoms with Crippen LogP contribution >= 0.6 is 23.1 Å². The highest BCUT2D eigenvalue weighted by Gasteiger charge is 2.13. The van der Waals surface area contributed by atoms with Crippen molar-refractivity contribution in [2.75, 3.05) is 11.1 Å². The fourth-order valence-electron chi connectivity index (χ4n) is 2.43. The van der Waals surface area contributed by atoms with E-state index in [4.69, 9.17) is 0 Å². The Morgan fingerprint density at radius 2 is 1.93 bits per heavy atom. The van der Waals surface area contributed by atoms with E-state index in [1.54, 1.807) is 0 Å². The summed E-state index contributed by atoms with van der Waals surface area (Å²) in [6, 6.07) is 13.5. The van der Waals surface area contributed by atoms with Crippen LogP contribution < -0.4 is 10.6 Å². The van der Waals surface area contributed by atoms with E-state index in [1.807, 2.05) is 31.2 Å². The summed E-state index contributed by atoms with van der Waals surface area (Å²) in [5.41, 5.74) is 2.69. The van der Waals surface area contributed by atoms with Crippen LogP contribution in [0.5, 0.6) is 0 Å². The van der Waals surface area contributed by atoms with E-state index < -0.39 is 5.91 Å². The number of carbonyl (C=O) groups excluding carboxylic acids is 2. The smallest absolute Gasteiger partial charge is 0.286 e. The SMILES string of the molecule is Cc1cccc(CNC(=O)CSCc2nnc(C(=O)Nc3ccc(F)cc3)s2)c1. The largest absolute Gasteiger partial charge is 0.351 e. The van der Waals surface area contributed by atoms with Crippen LogP contribution in [-0.4, -0.2) is 27.8 Å². The van der Waals surface area contributed by atoms with E-state index in [9.17, 15) is 14.0 Å². The first-order valence-corrected chi connectivity index (χ1v) is 10.8. The number of halogens is 1. The van der Waals surface area contributed by atoms with Crippen molar-refractivity contribution < 1.29 is 14.0 Å². The van der Waals surface area contributed by atoms with Gasteiger partial charge < -0.3 is 10.6 Å². The molecule has 0 aliphatic carbocycles. The minimum atomic E-state index is -0.402. The molecular weight excluding hydrogens is 411 g/mol. The summed E-state index contributed by atoms with van der Waals surface area (Å²) < 4.78 is 12.9. The molecule has 9 heteroatoms. The van der Waals surface area contributed by atoms with Gasteiger partial charge in [-0.3, -0.25) is 9.59 Å². The summed E-state index contributed by atoms with van der Waals surface area (Å²) in [4.78, 5) is 24.1. The van der Waals surface area contributed by atoms with Gasteiger partial charge in [0, 0.05) is 18.0 Å². The second-order valence-electron chi connectivity index (χ2n) is 6.22. The van der Waals surface area contributed by atoms with Crippen LogP contribution in [0.15, 0.2) is 48.5 Å². The molecule has 0 fully saturated rings. The predicted molar refractivity (Wildman–Crippen MR) is 113 cm³/mol. The molecule has 2 N–H and O–H groups in total. The molecule has 0 radical (unpaired) electrons. The van der Waals surface area contributed by atoms with Gasteiger partial charge in [0.25, 0.3) is 5.91 Å². The van der Waals surface area contributed by atoms with Crippen LogP contribution in [0.2, 0.25) is 0 Å². The number of thioether (sulfide) groups is 1. The number of anilines is 1. The Balaban J connectivity index is 1.41. The van der Waals surface area contributed by atoms with Gasteiger partial charge in [-0.2, -0.15) is 0 Å². The molecule has 0 atom stereocenters. The van der Waals surface area contributed by atoms with Crippen molar-refractivity contribution in [1.29, 1.82) is 0 Å². The molecule has 0 saturated carbocycles. The van der Waals surface area contributed by atoms with Crippen molar-refractivity contribution in [3.63, 3.8) is 0 Å². The molecule has 1 heterocycles. The van der Waals surface area contributed by atoms with Gasteiger partial charge in [-0.1, -0.05) is 41.2 Å². The number of rotatable bonds is 8. The summed E-state index contributed by atoms with van der Waals surface area (Å²) >= 11 is 2.57. The molecule has 29 heavy (non-hydrogen) atoms. The molecule has 0 aliphatic rings. The van der Waals surface area contributed by atoms with Crippen molar-refractivity contribution in [2.45, 2.75) is 19.2 Å². The molecule has 0 unspecified atom stereocenters. The molecule has 6 nitrogen and oxygen atoms in total. The quantitative estimate of drug-likeness (QED) is 0.568. The standard InChI is InChI=1S/C20H19FN4O2S2/c1-13-3-2-4-14(9-13)10-22-17(26)11-28-12-18-24-25-20(29-18)19(27)23-16-7-5-15(21)6-8-16/h2-9H,10-12H2,1H3,(H,22,26)(H,23,27). The number of nitrogens with one attached hydrogen (secondary N) is 2. The molecule has 0 spiro atoms. The van der Waals surface area contributed by atoms with Gasteiger partial charge in [-0.25, -0.2) is 4.39 Å². The van der Waals surface area contributed by atoms with E-state index in [0.29, 0.717) is 28.7 Å². The first kappa shape index (κ1) is 20.9.